The summed E-state index contributed by atoms with van der Waals surface area (Å²) in [6.45, 7) is 8.39. The second-order valence-corrected chi connectivity index (χ2v) is 9.66. The topological polar surface area (TPSA) is 66.5 Å². The van der Waals surface area contributed by atoms with Gasteiger partial charge in [-0.2, -0.15) is 4.31 Å². The Morgan fingerprint density at radius 3 is 2.14 bits per heavy atom. The van der Waals surface area contributed by atoms with Crippen LogP contribution >= 0.6 is 0 Å². The lowest BCUT2D eigenvalue weighted by atomic mass is 9.97. The molecule has 1 heterocycles. The van der Waals surface area contributed by atoms with E-state index in [1.165, 1.54) is 4.31 Å². The molecule has 0 aliphatic carbocycles. The number of nitrogens with zero attached hydrogens (tertiary/aromatic N) is 1. The summed E-state index contributed by atoms with van der Waals surface area (Å²) < 4.78 is 27.6. The molecule has 0 saturated carbocycles. The average Bonchev–Trinajstić information content (AvgIpc) is 2.66. The van der Waals surface area contributed by atoms with E-state index in [4.69, 9.17) is 0 Å². The molecule has 150 valence electrons. The van der Waals surface area contributed by atoms with E-state index in [1.807, 2.05) is 58.0 Å². The van der Waals surface area contributed by atoms with Crippen LogP contribution in [-0.4, -0.2) is 31.7 Å². The molecule has 0 atom stereocenters. The van der Waals surface area contributed by atoms with Crippen molar-refractivity contribution in [1.29, 1.82) is 0 Å². The molecule has 0 radical (unpaired) electrons. The highest BCUT2D eigenvalue weighted by molar-refractivity contribution is 7.89. The molecule has 1 aliphatic rings. The fraction of sp³-hybridized carbons (Fsp3) is 0.409. The van der Waals surface area contributed by atoms with Crippen LogP contribution in [-0.2, 0) is 14.8 Å². The summed E-state index contributed by atoms with van der Waals surface area (Å²) in [6.07, 6.45) is 1.06. The van der Waals surface area contributed by atoms with Gasteiger partial charge in [0.05, 0.1) is 4.90 Å². The predicted molar refractivity (Wildman–Crippen MR) is 112 cm³/mol. The van der Waals surface area contributed by atoms with E-state index in [1.54, 1.807) is 6.07 Å². The van der Waals surface area contributed by atoms with Crippen LogP contribution in [0.3, 0.4) is 0 Å². The molecule has 0 aromatic heterocycles. The van der Waals surface area contributed by atoms with Gasteiger partial charge in [-0.15, -0.1) is 0 Å². The molecule has 1 saturated heterocycles. The highest BCUT2D eigenvalue weighted by atomic mass is 32.2. The van der Waals surface area contributed by atoms with Crippen LogP contribution in [0.1, 0.15) is 35.1 Å². The van der Waals surface area contributed by atoms with Crippen molar-refractivity contribution in [2.45, 2.75) is 45.4 Å². The summed E-state index contributed by atoms with van der Waals surface area (Å²) in [7, 11) is -3.53. The van der Waals surface area contributed by atoms with Crippen molar-refractivity contribution >= 4 is 21.6 Å². The van der Waals surface area contributed by atoms with Crippen molar-refractivity contribution in [1.82, 2.24) is 4.31 Å². The molecule has 0 spiro atoms. The average molecular weight is 401 g/mol. The number of nitrogens with one attached hydrogen (secondary N) is 1. The van der Waals surface area contributed by atoms with Crippen LogP contribution in [0, 0.1) is 33.6 Å². The Balaban J connectivity index is 1.67. The number of anilines is 1. The summed E-state index contributed by atoms with van der Waals surface area (Å²) in [5, 5.41) is 3.02. The van der Waals surface area contributed by atoms with Gasteiger partial charge >= 0.3 is 0 Å². The van der Waals surface area contributed by atoms with Crippen LogP contribution in [0.2, 0.25) is 0 Å². The lowest BCUT2D eigenvalue weighted by molar-refractivity contribution is -0.120. The van der Waals surface area contributed by atoms with Gasteiger partial charge in [-0.05, 0) is 74.9 Å². The fourth-order valence-electron chi connectivity index (χ4n) is 3.59. The number of rotatable bonds is 4. The molecule has 28 heavy (non-hydrogen) atoms. The number of piperidine rings is 1. The summed E-state index contributed by atoms with van der Waals surface area (Å²) in [4.78, 5) is 13.0. The summed E-state index contributed by atoms with van der Waals surface area (Å²) in [5.41, 5.74) is 4.62. The number of benzene rings is 2. The first-order valence-corrected chi connectivity index (χ1v) is 11.1. The molecule has 6 heteroatoms. The van der Waals surface area contributed by atoms with E-state index < -0.39 is 10.0 Å². The predicted octanol–water partition coefficient (Wildman–Crippen LogP) is 3.96. The van der Waals surface area contributed by atoms with Crippen LogP contribution in [0.15, 0.2) is 41.3 Å². The lowest BCUT2D eigenvalue weighted by Gasteiger charge is -2.31. The molecule has 5 nitrogen and oxygen atoms in total. The normalized spacial score (nSPS) is 16.1. The minimum Gasteiger partial charge on any atom is -0.326 e. The number of hydrogen-bond acceptors (Lipinski definition) is 3. The van der Waals surface area contributed by atoms with Crippen molar-refractivity contribution in [2.24, 2.45) is 5.92 Å². The van der Waals surface area contributed by atoms with Crippen molar-refractivity contribution in [2.75, 3.05) is 18.4 Å². The Morgan fingerprint density at radius 2 is 1.50 bits per heavy atom. The smallest absolute Gasteiger partial charge is 0.243 e. The lowest BCUT2D eigenvalue weighted by Crippen LogP contribution is -2.41. The third-order valence-electron chi connectivity index (χ3n) is 5.44. The van der Waals surface area contributed by atoms with Gasteiger partial charge in [-0.25, -0.2) is 8.42 Å². The van der Waals surface area contributed by atoms with Gasteiger partial charge in [0.15, 0.2) is 0 Å². The second-order valence-electron chi connectivity index (χ2n) is 7.75. The Bertz CT molecular complexity index is 991. The molecule has 1 amide bonds. The molecule has 0 unspecified atom stereocenters. The van der Waals surface area contributed by atoms with Crippen molar-refractivity contribution < 1.29 is 13.2 Å². The van der Waals surface area contributed by atoms with Crippen LogP contribution in [0.4, 0.5) is 5.69 Å². The van der Waals surface area contributed by atoms with E-state index in [9.17, 15) is 13.2 Å². The monoisotopic (exact) mass is 400 g/mol. The van der Waals surface area contributed by atoms with Gasteiger partial charge in [0, 0.05) is 24.7 Å². The molecule has 1 aliphatic heterocycles. The SMILES string of the molecule is Cc1ccc(C)c(NC(=O)C2CCN(S(=O)(=O)c3cc(C)ccc3C)CC2)c1. The largest absolute Gasteiger partial charge is 0.326 e. The van der Waals surface area contributed by atoms with Crippen LogP contribution < -0.4 is 5.32 Å². The summed E-state index contributed by atoms with van der Waals surface area (Å²) in [5.74, 6) is -0.206. The van der Waals surface area contributed by atoms with Gasteiger partial charge in [-0.1, -0.05) is 24.3 Å². The Hall–Kier alpha value is -2.18. The maximum absolute atomic E-state index is 13.0. The summed E-state index contributed by atoms with van der Waals surface area (Å²) in [6, 6.07) is 11.5. The first kappa shape index (κ1) is 20.6. The Morgan fingerprint density at radius 1 is 0.929 bits per heavy atom. The van der Waals surface area contributed by atoms with E-state index in [0.29, 0.717) is 30.8 Å². The zero-order valence-corrected chi connectivity index (χ0v) is 17.8. The Labute approximate surface area is 167 Å². The van der Waals surface area contributed by atoms with Gasteiger partial charge in [0.1, 0.15) is 0 Å². The third-order valence-corrected chi connectivity index (χ3v) is 7.48. The van der Waals surface area contributed by atoms with Crippen molar-refractivity contribution in [3.8, 4) is 0 Å². The number of carbonyl (C=O) groups excluding carboxylic acids is 1. The molecule has 1 N–H and O–H groups in total. The zero-order valence-electron chi connectivity index (χ0n) is 17.0. The van der Waals surface area contributed by atoms with E-state index in [0.717, 1.165) is 27.9 Å². The minimum absolute atomic E-state index is 0.0301. The van der Waals surface area contributed by atoms with E-state index in [2.05, 4.69) is 5.32 Å². The number of sulfonamides is 1. The third kappa shape index (κ3) is 4.28. The van der Waals surface area contributed by atoms with Gasteiger partial charge < -0.3 is 5.32 Å². The molecule has 0 bridgehead atoms. The first-order chi connectivity index (χ1) is 13.2. The highest BCUT2D eigenvalue weighted by Crippen LogP contribution is 2.27. The van der Waals surface area contributed by atoms with Crippen molar-refractivity contribution in [3.05, 3.63) is 58.7 Å². The number of aryl methyl sites for hydroxylation is 4. The maximum Gasteiger partial charge on any atom is 0.243 e. The quantitative estimate of drug-likeness (QED) is 0.845. The van der Waals surface area contributed by atoms with Gasteiger partial charge in [-0.3, -0.25) is 4.79 Å². The maximum atomic E-state index is 13.0. The fourth-order valence-corrected chi connectivity index (χ4v) is 5.37. The molecule has 1 fully saturated rings. The van der Waals surface area contributed by atoms with E-state index in [-0.39, 0.29) is 11.8 Å². The first-order valence-electron chi connectivity index (χ1n) is 9.64. The molecule has 3 rings (SSSR count). The Kier molecular flexibility index (Phi) is 5.91. The zero-order chi connectivity index (χ0) is 20.5. The molecule has 2 aromatic carbocycles. The van der Waals surface area contributed by atoms with Crippen LogP contribution in [0.25, 0.3) is 0 Å². The van der Waals surface area contributed by atoms with Gasteiger partial charge in [0.25, 0.3) is 0 Å². The molecular weight excluding hydrogens is 372 g/mol. The van der Waals surface area contributed by atoms with E-state index >= 15 is 0 Å². The standard InChI is InChI=1S/C22H28N2O3S/c1-15-5-7-17(3)20(13-15)23-22(25)19-9-11-24(12-10-19)28(26,27)21-14-16(2)6-8-18(21)4/h5-8,13-14,19H,9-12H2,1-4H3,(H,23,25). The molecular formula is C22H28N2O3S. The van der Waals surface area contributed by atoms with Crippen LogP contribution in [0.5, 0.6) is 0 Å². The minimum atomic E-state index is -3.53. The summed E-state index contributed by atoms with van der Waals surface area (Å²) >= 11 is 0. The second kappa shape index (κ2) is 8.05. The highest BCUT2D eigenvalue weighted by Gasteiger charge is 2.33. The number of amides is 1. The molecule has 2 aromatic rings. The van der Waals surface area contributed by atoms with Gasteiger partial charge in [0.2, 0.25) is 15.9 Å². The number of carbonyl (C=O) groups is 1. The number of hydrogen-bond donors (Lipinski definition) is 1. The van der Waals surface area contributed by atoms with Crippen molar-refractivity contribution in [3.63, 3.8) is 0 Å².